The summed E-state index contributed by atoms with van der Waals surface area (Å²) >= 11 is 1.38. The summed E-state index contributed by atoms with van der Waals surface area (Å²) in [6.07, 6.45) is 0.707. The second-order valence-electron chi connectivity index (χ2n) is 6.00. The van der Waals surface area contributed by atoms with Crippen LogP contribution in [0.5, 0.6) is 5.75 Å². The molecule has 8 heteroatoms. The lowest BCUT2D eigenvalue weighted by Gasteiger charge is -2.13. The summed E-state index contributed by atoms with van der Waals surface area (Å²) in [5, 5.41) is 5.04. The molecule has 0 saturated carbocycles. The van der Waals surface area contributed by atoms with Crippen LogP contribution >= 0.6 is 11.8 Å². The van der Waals surface area contributed by atoms with Gasteiger partial charge < -0.3 is 9.26 Å². The quantitative estimate of drug-likeness (QED) is 0.365. The van der Waals surface area contributed by atoms with Gasteiger partial charge in [0.2, 0.25) is 5.89 Å². The standard InChI is InChI=1S/C20H18N4O3S/c1-3-17-22-18(27-23-17)12-28-20-21-16-7-5-4-6-15(16)19(25)24(20)13-8-10-14(26-2)11-9-13/h4-11H,3,12H2,1-2H3. The number of fused-ring (bicyclic) bond motifs is 1. The maximum Gasteiger partial charge on any atom is 0.266 e. The molecule has 0 amide bonds. The summed E-state index contributed by atoms with van der Waals surface area (Å²) in [6, 6.07) is 14.6. The number of para-hydroxylation sites is 1. The van der Waals surface area contributed by atoms with Crippen molar-refractivity contribution in [1.82, 2.24) is 19.7 Å². The molecule has 0 spiro atoms. The Morgan fingerprint density at radius 1 is 1.11 bits per heavy atom. The highest BCUT2D eigenvalue weighted by Crippen LogP contribution is 2.25. The van der Waals surface area contributed by atoms with E-state index >= 15 is 0 Å². The van der Waals surface area contributed by atoms with Crippen molar-refractivity contribution in [3.63, 3.8) is 0 Å². The van der Waals surface area contributed by atoms with Gasteiger partial charge in [-0.2, -0.15) is 4.98 Å². The van der Waals surface area contributed by atoms with Crippen LogP contribution in [0.2, 0.25) is 0 Å². The third-order valence-corrected chi connectivity index (χ3v) is 5.15. The number of thioether (sulfide) groups is 1. The fourth-order valence-corrected chi connectivity index (χ4v) is 3.64. The zero-order valence-corrected chi connectivity index (χ0v) is 16.3. The van der Waals surface area contributed by atoms with Gasteiger partial charge in [-0.15, -0.1) is 0 Å². The number of aromatic nitrogens is 4. The predicted molar refractivity (Wildman–Crippen MR) is 107 cm³/mol. The topological polar surface area (TPSA) is 83.0 Å². The van der Waals surface area contributed by atoms with Gasteiger partial charge in [0.05, 0.1) is 29.5 Å². The smallest absolute Gasteiger partial charge is 0.266 e. The van der Waals surface area contributed by atoms with Crippen molar-refractivity contribution in [3.8, 4) is 11.4 Å². The molecule has 0 N–H and O–H groups in total. The summed E-state index contributed by atoms with van der Waals surface area (Å²) in [5.74, 6) is 2.31. The van der Waals surface area contributed by atoms with Gasteiger partial charge in [0.25, 0.3) is 5.56 Å². The van der Waals surface area contributed by atoms with Gasteiger partial charge in [-0.05, 0) is 36.4 Å². The molecule has 0 aliphatic carbocycles. The van der Waals surface area contributed by atoms with E-state index in [1.165, 1.54) is 11.8 Å². The van der Waals surface area contributed by atoms with E-state index in [4.69, 9.17) is 14.2 Å². The summed E-state index contributed by atoms with van der Waals surface area (Å²) in [6.45, 7) is 1.97. The molecule has 0 aliphatic heterocycles. The first kappa shape index (κ1) is 18.2. The summed E-state index contributed by atoms with van der Waals surface area (Å²) in [5.41, 5.74) is 1.24. The molecule has 2 heterocycles. The van der Waals surface area contributed by atoms with Crippen LogP contribution in [0.4, 0.5) is 0 Å². The SMILES string of the molecule is CCc1noc(CSc2nc3ccccc3c(=O)n2-c2ccc(OC)cc2)n1. The Morgan fingerprint density at radius 3 is 2.61 bits per heavy atom. The highest BCUT2D eigenvalue weighted by Gasteiger charge is 2.15. The van der Waals surface area contributed by atoms with E-state index in [1.54, 1.807) is 17.7 Å². The Hall–Kier alpha value is -3.13. The number of benzene rings is 2. The van der Waals surface area contributed by atoms with E-state index in [0.29, 0.717) is 45.6 Å². The molecule has 0 unspecified atom stereocenters. The number of hydrogen-bond donors (Lipinski definition) is 0. The van der Waals surface area contributed by atoms with E-state index in [9.17, 15) is 4.79 Å². The van der Waals surface area contributed by atoms with Gasteiger partial charge >= 0.3 is 0 Å². The molecule has 0 saturated heterocycles. The largest absolute Gasteiger partial charge is 0.497 e. The summed E-state index contributed by atoms with van der Waals surface area (Å²) in [4.78, 5) is 22.2. The normalized spacial score (nSPS) is 11.1. The van der Waals surface area contributed by atoms with Crippen LogP contribution in [-0.4, -0.2) is 26.8 Å². The lowest BCUT2D eigenvalue weighted by Crippen LogP contribution is -2.21. The summed E-state index contributed by atoms with van der Waals surface area (Å²) in [7, 11) is 1.61. The number of aryl methyl sites for hydroxylation is 1. The minimum atomic E-state index is -0.127. The molecule has 0 bridgehead atoms. The minimum Gasteiger partial charge on any atom is -0.497 e. The molecular formula is C20H18N4O3S. The van der Waals surface area contributed by atoms with Crippen molar-refractivity contribution in [2.24, 2.45) is 0 Å². The van der Waals surface area contributed by atoms with E-state index in [1.807, 2.05) is 49.4 Å². The van der Waals surface area contributed by atoms with Gasteiger partial charge in [-0.25, -0.2) is 4.98 Å². The van der Waals surface area contributed by atoms with Crippen LogP contribution in [-0.2, 0) is 12.2 Å². The van der Waals surface area contributed by atoms with E-state index in [2.05, 4.69) is 10.1 Å². The molecule has 28 heavy (non-hydrogen) atoms. The average Bonchev–Trinajstić information content (AvgIpc) is 3.21. The van der Waals surface area contributed by atoms with Gasteiger partial charge in [0.1, 0.15) is 5.75 Å². The molecular weight excluding hydrogens is 376 g/mol. The van der Waals surface area contributed by atoms with Crippen molar-refractivity contribution < 1.29 is 9.26 Å². The highest BCUT2D eigenvalue weighted by atomic mass is 32.2. The monoisotopic (exact) mass is 394 g/mol. The molecule has 0 fully saturated rings. The second kappa shape index (κ2) is 7.85. The second-order valence-corrected chi connectivity index (χ2v) is 6.94. The van der Waals surface area contributed by atoms with Gasteiger partial charge in [0, 0.05) is 6.42 Å². The Morgan fingerprint density at radius 2 is 1.89 bits per heavy atom. The van der Waals surface area contributed by atoms with Crippen LogP contribution in [0, 0.1) is 0 Å². The molecule has 7 nitrogen and oxygen atoms in total. The third-order valence-electron chi connectivity index (χ3n) is 4.23. The van der Waals surface area contributed by atoms with E-state index < -0.39 is 0 Å². The predicted octanol–water partition coefficient (Wildman–Crippen LogP) is 3.63. The molecule has 4 aromatic rings. The number of ether oxygens (including phenoxy) is 1. The Kier molecular flexibility index (Phi) is 5.12. The maximum atomic E-state index is 13.2. The van der Waals surface area contributed by atoms with Crippen LogP contribution in [0.1, 0.15) is 18.6 Å². The van der Waals surface area contributed by atoms with Crippen molar-refractivity contribution in [2.45, 2.75) is 24.3 Å². The van der Waals surface area contributed by atoms with Gasteiger partial charge in [0.15, 0.2) is 11.0 Å². The fourth-order valence-electron chi connectivity index (χ4n) is 2.79. The number of methoxy groups -OCH3 is 1. The molecule has 4 rings (SSSR count). The molecule has 0 aliphatic rings. The average molecular weight is 394 g/mol. The Labute approximate surface area is 165 Å². The molecule has 0 radical (unpaired) electrons. The maximum absolute atomic E-state index is 13.2. The van der Waals surface area contributed by atoms with Crippen LogP contribution in [0.15, 0.2) is 63.0 Å². The van der Waals surface area contributed by atoms with Crippen molar-refractivity contribution in [1.29, 1.82) is 0 Å². The first-order chi connectivity index (χ1) is 13.7. The minimum absolute atomic E-state index is 0.127. The number of hydrogen-bond acceptors (Lipinski definition) is 7. The fraction of sp³-hybridized carbons (Fsp3) is 0.200. The third kappa shape index (κ3) is 3.50. The first-order valence-corrected chi connectivity index (χ1v) is 9.78. The zero-order chi connectivity index (χ0) is 19.5. The Bertz CT molecular complexity index is 1170. The van der Waals surface area contributed by atoms with Crippen molar-refractivity contribution in [3.05, 3.63) is 70.6 Å². The van der Waals surface area contributed by atoms with Crippen LogP contribution < -0.4 is 10.3 Å². The molecule has 2 aromatic heterocycles. The summed E-state index contributed by atoms with van der Waals surface area (Å²) < 4.78 is 12.1. The highest BCUT2D eigenvalue weighted by molar-refractivity contribution is 7.98. The molecule has 0 atom stereocenters. The van der Waals surface area contributed by atoms with E-state index in [0.717, 1.165) is 5.75 Å². The molecule has 142 valence electrons. The lowest BCUT2D eigenvalue weighted by atomic mass is 10.2. The van der Waals surface area contributed by atoms with Crippen LogP contribution in [0.25, 0.3) is 16.6 Å². The van der Waals surface area contributed by atoms with Crippen LogP contribution in [0.3, 0.4) is 0 Å². The lowest BCUT2D eigenvalue weighted by molar-refractivity contribution is 0.385. The molecule has 2 aromatic carbocycles. The number of nitrogens with zero attached hydrogens (tertiary/aromatic N) is 4. The van der Waals surface area contributed by atoms with Crippen molar-refractivity contribution >= 4 is 22.7 Å². The zero-order valence-electron chi connectivity index (χ0n) is 15.5. The van der Waals surface area contributed by atoms with E-state index in [-0.39, 0.29) is 5.56 Å². The van der Waals surface area contributed by atoms with Gasteiger partial charge in [-0.1, -0.05) is 36.0 Å². The van der Waals surface area contributed by atoms with Gasteiger partial charge in [-0.3, -0.25) is 9.36 Å². The first-order valence-electron chi connectivity index (χ1n) is 8.80. The number of rotatable bonds is 6. The Balaban J connectivity index is 1.79. The van der Waals surface area contributed by atoms with Crippen molar-refractivity contribution in [2.75, 3.05) is 7.11 Å².